The van der Waals surface area contributed by atoms with E-state index in [2.05, 4.69) is 23.7 Å². The second-order valence-electron chi connectivity index (χ2n) is 5.07. The van der Waals surface area contributed by atoms with E-state index in [1.165, 1.54) is 11.3 Å². The maximum atomic E-state index is 5.85. The summed E-state index contributed by atoms with van der Waals surface area (Å²) in [6, 6.07) is 0.106. The molecule has 1 aliphatic rings. The summed E-state index contributed by atoms with van der Waals surface area (Å²) in [5.74, 6) is 1.60. The largest absolute Gasteiger partial charge is 0.348 e. The molecule has 1 fully saturated rings. The van der Waals surface area contributed by atoms with Gasteiger partial charge in [0.15, 0.2) is 5.13 Å². The molecule has 0 amide bonds. The van der Waals surface area contributed by atoms with Gasteiger partial charge in [0.25, 0.3) is 0 Å². The summed E-state index contributed by atoms with van der Waals surface area (Å²) in [6.45, 7) is 8.93. The highest BCUT2D eigenvalue weighted by molar-refractivity contribution is 7.15. The first-order valence-electron chi connectivity index (χ1n) is 6.04. The lowest BCUT2D eigenvalue weighted by atomic mass is 9.95. The van der Waals surface area contributed by atoms with Crippen LogP contribution in [0.2, 0.25) is 0 Å². The van der Waals surface area contributed by atoms with Gasteiger partial charge < -0.3 is 10.6 Å². The quantitative estimate of drug-likeness (QED) is 0.881. The topological polar surface area (TPSA) is 42.1 Å². The number of rotatable bonds is 3. The number of hydrogen-bond donors (Lipinski definition) is 1. The van der Waals surface area contributed by atoms with Crippen LogP contribution in [0.4, 0.5) is 5.13 Å². The van der Waals surface area contributed by atoms with Gasteiger partial charge in [-0.15, -0.1) is 11.3 Å². The highest BCUT2D eigenvalue weighted by atomic mass is 32.1. The number of nitrogens with zero attached hydrogens (tertiary/aromatic N) is 2. The third kappa shape index (κ3) is 2.38. The Balaban J connectivity index is 2.03. The van der Waals surface area contributed by atoms with E-state index in [0.29, 0.717) is 0 Å². The van der Waals surface area contributed by atoms with Crippen LogP contribution in [0, 0.1) is 11.8 Å². The second kappa shape index (κ2) is 4.72. The number of thiazole rings is 1. The van der Waals surface area contributed by atoms with Crippen LogP contribution in [-0.2, 0) is 0 Å². The molecule has 0 radical (unpaired) electrons. The van der Waals surface area contributed by atoms with Gasteiger partial charge in [-0.25, -0.2) is 4.98 Å². The van der Waals surface area contributed by atoms with E-state index in [9.17, 15) is 0 Å². The SMILES string of the molecule is CC(N)c1cnc(N2CCC(C(C)C)C2)s1. The summed E-state index contributed by atoms with van der Waals surface area (Å²) in [6.07, 6.45) is 3.22. The van der Waals surface area contributed by atoms with Crippen LogP contribution in [0.25, 0.3) is 0 Å². The van der Waals surface area contributed by atoms with Gasteiger partial charge in [-0.05, 0) is 25.2 Å². The lowest BCUT2D eigenvalue weighted by molar-refractivity contribution is 0.423. The molecule has 16 heavy (non-hydrogen) atoms. The summed E-state index contributed by atoms with van der Waals surface area (Å²) in [5.41, 5.74) is 5.85. The Hall–Kier alpha value is -0.610. The van der Waals surface area contributed by atoms with Crippen molar-refractivity contribution in [1.82, 2.24) is 4.98 Å². The van der Waals surface area contributed by atoms with Gasteiger partial charge in [-0.1, -0.05) is 13.8 Å². The highest BCUT2D eigenvalue weighted by Gasteiger charge is 2.26. The zero-order valence-corrected chi connectivity index (χ0v) is 11.1. The first-order valence-corrected chi connectivity index (χ1v) is 6.86. The van der Waals surface area contributed by atoms with Crippen LogP contribution in [0.1, 0.15) is 38.1 Å². The van der Waals surface area contributed by atoms with Crippen LogP contribution in [0.15, 0.2) is 6.20 Å². The Bertz CT molecular complexity index is 346. The van der Waals surface area contributed by atoms with Crippen molar-refractivity contribution >= 4 is 16.5 Å². The molecule has 0 spiro atoms. The van der Waals surface area contributed by atoms with Crippen LogP contribution >= 0.6 is 11.3 Å². The van der Waals surface area contributed by atoms with Gasteiger partial charge in [0.1, 0.15) is 0 Å². The summed E-state index contributed by atoms with van der Waals surface area (Å²) < 4.78 is 0. The standard InChI is InChI=1S/C12H21N3S/c1-8(2)10-4-5-15(7-10)12-14-6-11(16-12)9(3)13/h6,8-10H,4-5,7,13H2,1-3H3. The molecule has 0 bridgehead atoms. The Morgan fingerprint density at radius 1 is 1.50 bits per heavy atom. The fourth-order valence-corrected chi connectivity index (χ4v) is 3.04. The summed E-state index contributed by atoms with van der Waals surface area (Å²) in [7, 11) is 0. The van der Waals surface area contributed by atoms with Gasteiger partial charge in [0.05, 0.1) is 0 Å². The van der Waals surface area contributed by atoms with E-state index in [4.69, 9.17) is 5.73 Å². The maximum Gasteiger partial charge on any atom is 0.185 e. The van der Waals surface area contributed by atoms with Gasteiger partial charge in [-0.2, -0.15) is 0 Å². The minimum atomic E-state index is 0.106. The molecule has 2 atom stereocenters. The lowest BCUT2D eigenvalue weighted by Crippen LogP contribution is -2.20. The average molecular weight is 239 g/mol. The highest BCUT2D eigenvalue weighted by Crippen LogP contribution is 2.32. The van der Waals surface area contributed by atoms with E-state index >= 15 is 0 Å². The van der Waals surface area contributed by atoms with E-state index in [0.717, 1.165) is 30.1 Å². The van der Waals surface area contributed by atoms with Crippen molar-refractivity contribution < 1.29 is 0 Å². The molecule has 1 aromatic heterocycles. The maximum absolute atomic E-state index is 5.85. The van der Waals surface area contributed by atoms with Crippen molar-refractivity contribution in [1.29, 1.82) is 0 Å². The average Bonchev–Trinajstić information content (AvgIpc) is 2.86. The third-order valence-corrected chi connectivity index (χ3v) is 4.66. The second-order valence-corrected chi connectivity index (χ2v) is 6.11. The van der Waals surface area contributed by atoms with E-state index in [-0.39, 0.29) is 6.04 Å². The molecule has 90 valence electrons. The Kier molecular flexibility index (Phi) is 3.50. The molecular weight excluding hydrogens is 218 g/mol. The molecule has 1 aromatic rings. The van der Waals surface area contributed by atoms with Crippen molar-refractivity contribution in [3.63, 3.8) is 0 Å². The van der Waals surface area contributed by atoms with Crippen molar-refractivity contribution in [2.45, 2.75) is 33.2 Å². The molecule has 3 nitrogen and oxygen atoms in total. The summed E-state index contributed by atoms with van der Waals surface area (Å²) in [5, 5.41) is 1.15. The Labute approximate surface area is 102 Å². The van der Waals surface area contributed by atoms with Crippen LogP contribution in [0.3, 0.4) is 0 Å². The van der Waals surface area contributed by atoms with Crippen molar-refractivity contribution in [2.24, 2.45) is 17.6 Å². The van der Waals surface area contributed by atoms with Crippen LogP contribution in [-0.4, -0.2) is 18.1 Å². The number of hydrogen-bond acceptors (Lipinski definition) is 4. The van der Waals surface area contributed by atoms with Gasteiger partial charge in [0, 0.05) is 30.2 Å². The molecule has 2 N–H and O–H groups in total. The van der Waals surface area contributed by atoms with E-state index in [1.807, 2.05) is 13.1 Å². The van der Waals surface area contributed by atoms with Crippen molar-refractivity contribution in [2.75, 3.05) is 18.0 Å². The number of aromatic nitrogens is 1. The monoisotopic (exact) mass is 239 g/mol. The van der Waals surface area contributed by atoms with Crippen molar-refractivity contribution in [3.8, 4) is 0 Å². The third-order valence-electron chi connectivity index (χ3n) is 3.40. The first-order chi connectivity index (χ1) is 7.58. The molecular formula is C12H21N3S. The van der Waals surface area contributed by atoms with Crippen molar-refractivity contribution in [3.05, 3.63) is 11.1 Å². The lowest BCUT2D eigenvalue weighted by Gasteiger charge is -2.16. The minimum Gasteiger partial charge on any atom is -0.348 e. The predicted molar refractivity (Wildman–Crippen MR) is 69.9 cm³/mol. The molecule has 2 rings (SSSR count). The van der Waals surface area contributed by atoms with Crippen LogP contribution < -0.4 is 10.6 Å². The summed E-state index contributed by atoms with van der Waals surface area (Å²) in [4.78, 5) is 8.06. The molecule has 2 heterocycles. The van der Waals surface area contributed by atoms with Gasteiger partial charge >= 0.3 is 0 Å². The molecule has 4 heteroatoms. The Morgan fingerprint density at radius 2 is 2.25 bits per heavy atom. The van der Waals surface area contributed by atoms with Gasteiger partial charge in [0.2, 0.25) is 0 Å². The molecule has 0 aliphatic carbocycles. The van der Waals surface area contributed by atoms with Gasteiger partial charge in [-0.3, -0.25) is 0 Å². The normalized spacial score (nSPS) is 23.1. The molecule has 1 saturated heterocycles. The smallest absolute Gasteiger partial charge is 0.185 e. The predicted octanol–water partition coefficient (Wildman–Crippen LogP) is 2.65. The summed E-state index contributed by atoms with van der Waals surface area (Å²) >= 11 is 1.74. The van der Waals surface area contributed by atoms with E-state index in [1.54, 1.807) is 11.3 Å². The molecule has 0 aromatic carbocycles. The Morgan fingerprint density at radius 3 is 2.75 bits per heavy atom. The van der Waals surface area contributed by atoms with Crippen LogP contribution in [0.5, 0.6) is 0 Å². The minimum absolute atomic E-state index is 0.106. The fraction of sp³-hybridized carbons (Fsp3) is 0.750. The zero-order valence-electron chi connectivity index (χ0n) is 10.3. The fourth-order valence-electron chi connectivity index (χ4n) is 2.14. The number of anilines is 1. The molecule has 2 unspecified atom stereocenters. The zero-order chi connectivity index (χ0) is 11.7. The molecule has 1 aliphatic heterocycles. The first kappa shape index (κ1) is 11.9. The number of nitrogens with two attached hydrogens (primary N) is 1. The molecule has 0 saturated carbocycles. The van der Waals surface area contributed by atoms with E-state index < -0.39 is 0 Å².